The summed E-state index contributed by atoms with van der Waals surface area (Å²) in [5.74, 6) is 0. The van der Waals surface area contributed by atoms with Crippen molar-refractivity contribution in [2.45, 2.75) is 25.9 Å². The number of hydrogen-bond donors (Lipinski definition) is 0. The van der Waals surface area contributed by atoms with Crippen molar-refractivity contribution >= 4 is 0 Å². The summed E-state index contributed by atoms with van der Waals surface area (Å²) >= 11 is 0. The highest BCUT2D eigenvalue weighted by Gasteiger charge is 1.99. The predicted octanol–water partition coefficient (Wildman–Crippen LogP) is 1.74. The largest absolute Gasteiger partial charge is 0.228 e. The molecule has 2 atom stereocenters. The first kappa shape index (κ1) is 8.44. The van der Waals surface area contributed by atoms with Gasteiger partial charge in [0.15, 0.2) is 0 Å². The van der Waals surface area contributed by atoms with E-state index >= 15 is 0 Å². The van der Waals surface area contributed by atoms with Gasteiger partial charge in [-0.1, -0.05) is 12.2 Å². The van der Waals surface area contributed by atoms with Gasteiger partial charge in [-0.3, -0.25) is 0 Å². The van der Waals surface area contributed by atoms with Gasteiger partial charge in [0.2, 0.25) is 0 Å². The normalized spacial score (nSPS) is 16.2. The summed E-state index contributed by atoms with van der Waals surface area (Å²) in [6.45, 7) is 11.3. The van der Waals surface area contributed by atoms with E-state index in [-0.39, 0.29) is 12.1 Å². The molecule has 0 N–H and O–H groups in total. The van der Waals surface area contributed by atoms with Crippen LogP contribution in [0.4, 0.5) is 0 Å². The molecule has 0 aromatic heterocycles. The maximum absolute atomic E-state index is 4.28. The van der Waals surface area contributed by atoms with Gasteiger partial charge >= 0.3 is 0 Å². The van der Waals surface area contributed by atoms with E-state index < -0.39 is 0 Å². The van der Waals surface area contributed by atoms with Crippen molar-refractivity contribution in [2.24, 2.45) is 0 Å². The Labute approximate surface area is 57.5 Å². The van der Waals surface area contributed by atoms with Crippen molar-refractivity contribution in [1.29, 1.82) is 0 Å². The minimum Gasteiger partial charge on any atom is -0.228 e. The van der Waals surface area contributed by atoms with Gasteiger partial charge in [-0.25, -0.2) is 5.32 Å². The van der Waals surface area contributed by atoms with Crippen molar-refractivity contribution in [1.82, 2.24) is 5.32 Å². The van der Waals surface area contributed by atoms with Crippen LogP contribution in [0.15, 0.2) is 25.3 Å². The van der Waals surface area contributed by atoms with Crippen molar-refractivity contribution in [3.8, 4) is 0 Å². The lowest BCUT2D eigenvalue weighted by Gasteiger charge is -2.09. The Morgan fingerprint density at radius 3 is 1.67 bits per heavy atom. The molecule has 9 heavy (non-hydrogen) atoms. The average Bonchev–Trinajstić information content (AvgIpc) is 1.87. The Morgan fingerprint density at radius 1 is 1.11 bits per heavy atom. The summed E-state index contributed by atoms with van der Waals surface area (Å²) in [5.41, 5.74) is 0. The third-order valence-electron chi connectivity index (χ3n) is 1.15. The molecule has 0 aromatic rings. The van der Waals surface area contributed by atoms with E-state index in [2.05, 4.69) is 18.5 Å². The molecule has 0 aliphatic heterocycles. The van der Waals surface area contributed by atoms with E-state index in [1.807, 2.05) is 26.0 Å². The van der Waals surface area contributed by atoms with Crippen LogP contribution in [0.5, 0.6) is 0 Å². The highest BCUT2D eigenvalue weighted by atomic mass is 14.9. The van der Waals surface area contributed by atoms with Gasteiger partial charge in [0, 0.05) is 12.1 Å². The van der Waals surface area contributed by atoms with Gasteiger partial charge in [0.25, 0.3) is 0 Å². The lowest BCUT2D eigenvalue weighted by Crippen LogP contribution is -2.23. The fourth-order valence-corrected chi connectivity index (χ4v) is 0.493. The molecule has 0 saturated carbocycles. The molecule has 0 amide bonds. The molecule has 51 valence electrons. The van der Waals surface area contributed by atoms with Gasteiger partial charge in [-0.2, -0.15) is 0 Å². The molecule has 0 aromatic carbocycles. The Morgan fingerprint density at radius 2 is 1.44 bits per heavy atom. The topological polar surface area (TPSA) is 14.1 Å². The molecule has 1 nitrogen and oxygen atoms in total. The predicted molar refractivity (Wildman–Crippen MR) is 41.5 cm³/mol. The van der Waals surface area contributed by atoms with Crippen LogP contribution in [0.2, 0.25) is 0 Å². The molecule has 0 heterocycles. The van der Waals surface area contributed by atoms with Crippen molar-refractivity contribution in [3.05, 3.63) is 25.3 Å². The zero-order valence-corrected chi connectivity index (χ0v) is 6.17. The first-order valence-corrected chi connectivity index (χ1v) is 3.15. The molecular weight excluding hydrogens is 110 g/mol. The van der Waals surface area contributed by atoms with Gasteiger partial charge < -0.3 is 0 Å². The Balaban J connectivity index is 3.45. The highest BCUT2D eigenvalue weighted by Crippen LogP contribution is 1.90. The molecular formula is C8H14N. The third-order valence-corrected chi connectivity index (χ3v) is 1.15. The van der Waals surface area contributed by atoms with Crippen LogP contribution in [0.1, 0.15) is 13.8 Å². The van der Waals surface area contributed by atoms with Gasteiger partial charge in [0.1, 0.15) is 0 Å². The van der Waals surface area contributed by atoms with Crippen LogP contribution in [-0.4, -0.2) is 12.1 Å². The molecule has 0 saturated heterocycles. The van der Waals surface area contributed by atoms with Crippen molar-refractivity contribution in [3.63, 3.8) is 0 Å². The summed E-state index contributed by atoms with van der Waals surface area (Å²) in [4.78, 5) is 0. The zero-order chi connectivity index (χ0) is 7.28. The molecule has 0 spiro atoms. The number of rotatable bonds is 4. The molecule has 0 bridgehead atoms. The molecule has 0 fully saturated rings. The van der Waals surface area contributed by atoms with Crippen LogP contribution in [0, 0.1) is 0 Å². The summed E-state index contributed by atoms with van der Waals surface area (Å²) < 4.78 is 0. The quantitative estimate of drug-likeness (QED) is 0.507. The van der Waals surface area contributed by atoms with E-state index in [0.717, 1.165) is 0 Å². The van der Waals surface area contributed by atoms with E-state index in [9.17, 15) is 0 Å². The van der Waals surface area contributed by atoms with Crippen LogP contribution in [-0.2, 0) is 0 Å². The monoisotopic (exact) mass is 124 g/mol. The van der Waals surface area contributed by atoms with Crippen LogP contribution in [0.3, 0.4) is 0 Å². The van der Waals surface area contributed by atoms with Crippen LogP contribution < -0.4 is 5.32 Å². The van der Waals surface area contributed by atoms with Crippen LogP contribution in [0.25, 0.3) is 0 Å². The number of hydrogen-bond acceptors (Lipinski definition) is 0. The molecule has 2 unspecified atom stereocenters. The molecule has 0 rings (SSSR count). The van der Waals surface area contributed by atoms with Crippen molar-refractivity contribution in [2.75, 3.05) is 0 Å². The molecule has 0 aliphatic carbocycles. The van der Waals surface area contributed by atoms with E-state index in [0.29, 0.717) is 0 Å². The molecule has 1 radical (unpaired) electrons. The maximum atomic E-state index is 4.28. The summed E-state index contributed by atoms with van der Waals surface area (Å²) in [6, 6.07) is 0.496. The zero-order valence-electron chi connectivity index (χ0n) is 6.17. The van der Waals surface area contributed by atoms with E-state index in [1.165, 1.54) is 0 Å². The molecule has 0 aliphatic rings. The smallest absolute Gasteiger partial charge is 0.0402 e. The van der Waals surface area contributed by atoms with Crippen LogP contribution >= 0.6 is 0 Å². The first-order valence-electron chi connectivity index (χ1n) is 3.15. The lowest BCUT2D eigenvalue weighted by molar-refractivity contribution is 0.573. The highest BCUT2D eigenvalue weighted by molar-refractivity contribution is 4.88. The number of nitrogens with zero attached hydrogens (tertiary/aromatic N) is 1. The first-order chi connectivity index (χ1) is 4.20. The fraction of sp³-hybridized carbons (Fsp3) is 0.500. The van der Waals surface area contributed by atoms with Gasteiger partial charge in [0.05, 0.1) is 0 Å². The lowest BCUT2D eigenvalue weighted by atomic mass is 10.2. The Bertz CT molecular complexity index is 84.7. The molecule has 1 heteroatoms. The van der Waals surface area contributed by atoms with Gasteiger partial charge in [-0.05, 0) is 13.8 Å². The third kappa shape index (κ3) is 3.98. The standard InChI is InChI=1S/C8H14N/c1-5-7(3)9-8(4)6-2/h5-8H,1-2H2,3-4H3. The second-order valence-electron chi connectivity index (χ2n) is 2.10. The van der Waals surface area contributed by atoms with E-state index in [1.54, 1.807) is 0 Å². The maximum Gasteiger partial charge on any atom is 0.0402 e. The summed E-state index contributed by atoms with van der Waals surface area (Å²) in [7, 11) is 0. The SMILES string of the molecule is C=CC(C)[N]C(C)C=C. The van der Waals surface area contributed by atoms with Gasteiger partial charge in [-0.15, -0.1) is 13.2 Å². The minimum absolute atomic E-state index is 0.248. The minimum atomic E-state index is 0.248. The summed E-state index contributed by atoms with van der Waals surface area (Å²) in [6.07, 6.45) is 3.64. The second-order valence-corrected chi connectivity index (χ2v) is 2.10. The van der Waals surface area contributed by atoms with Crippen molar-refractivity contribution < 1.29 is 0 Å². The van der Waals surface area contributed by atoms with E-state index in [4.69, 9.17) is 0 Å². The second kappa shape index (κ2) is 4.33. The fourth-order valence-electron chi connectivity index (χ4n) is 0.493. The average molecular weight is 124 g/mol. The summed E-state index contributed by atoms with van der Waals surface area (Å²) in [5, 5.41) is 4.28. The Kier molecular flexibility index (Phi) is 4.06. The Hall–Kier alpha value is -0.560.